The highest BCUT2D eigenvalue weighted by Crippen LogP contribution is 2.27. The molecule has 1 aromatic rings. The van der Waals surface area contributed by atoms with Gasteiger partial charge in [0.25, 0.3) is 5.91 Å². The molecule has 0 saturated heterocycles. The molecule has 0 aromatic heterocycles. The first-order valence-electron chi connectivity index (χ1n) is 7.58. The molecule has 0 spiro atoms. The van der Waals surface area contributed by atoms with Gasteiger partial charge in [-0.25, -0.2) is 0 Å². The highest BCUT2D eigenvalue weighted by atomic mass is 35.5. The lowest BCUT2D eigenvalue weighted by Crippen LogP contribution is -2.39. The molecule has 24 heavy (non-hydrogen) atoms. The van der Waals surface area contributed by atoms with E-state index in [1.54, 1.807) is 12.1 Å². The lowest BCUT2D eigenvalue weighted by molar-refractivity contribution is -0.112. The summed E-state index contributed by atoms with van der Waals surface area (Å²) in [6.07, 6.45) is 2.32. The monoisotopic (exact) mass is 367 g/mol. The Morgan fingerprint density at radius 2 is 1.88 bits per heavy atom. The molecule has 0 bridgehead atoms. The smallest absolute Gasteiger partial charge is 0.267 e. The van der Waals surface area contributed by atoms with Gasteiger partial charge in [-0.15, -0.1) is 0 Å². The maximum absolute atomic E-state index is 12.2. The van der Waals surface area contributed by atoms with E-state index in [9.17, 15) is 10.1 Å². The highest BCUT2D eigenvalue weighted by molar-refractivity contribution is 6.36. The number of nitriles is 1. The minimum Gasteiger partial charge on any atom is -0.385 e. The molecular weight excluding hydrogens is 345 g/mol. The van der Waals surface area contributed by atoms with E-state index in [0.29, 0.717) is 15.7 Å². The number of hydrogen-bond donors (Lipinski definition) is 2. The van der Waals surface area contributed by atoms with Gasteiger partial charge < -0.3 is 10.6 Å². The largest absolute Gasteiger partial charge is 0.385 e. The van der Waals surface area contributed by atoms with Crippen molar-refractivity contribution in [3.05, 3.63) is 40.0 Å². The summed E-state index contributed by atoms with van der Waals surface area (Å²) in [6, 6.07) is 6.64. The van der Waals surface area contributed by atoms with Crippen molar-refractivity contribution in [3.8, 4) is 6.07 Å². The van der Waals surface area contributed by atoms with Gasteiger partial charge in [-0.1, -0.05) is 44.0 Å². The van der Waals surface area contributed by atoms with Crippen LogP contribution in [0.5, 0.6) is 0 Å². The number of rotatable bonds is 5. The quantitative estimate of drug-likeness (QED) is 0.558. The summed E-state index contributed by atoms with van der Waals surface area (Å²) in [5, 5.41) is 15.8. The number of hydrogen-bond acceptors (Lipinski definition) is 3. The Kier molecular flexibility index (Phi) is 6.71. The second kappa shape index (κ2) is 7.92. The molecule has 0 aliphatic carbocycles. The molecule has 0 aliphatic heterocycles. The zero-order chi connectivity index (χ0) is 18.5. The number of halogens is 2. The maximum Gasteiger partial charge on any atom is 0.267 e. The van der Waals surface area contributed by atoms with E-state index in [0.717, 1.165) is 6.42 Å². The molecule has 2 N–H and O–H groups in total. The van der Waals surface area contributed by atoms with Gasteiger partial charge in [-0.2, -0.15) is 5.26 Å². The molecule has 1 rings (SSSR count). The first-order chi connectivity index (χ1) is 10.9. The van der Waals surface area contributed by atoms with Crippen LogP contribution in [0.4, 0.5) is 5.69 Å². The third-order valence-corrected chi connectivity index (χ3v) is 3.67. The van der Waals surface area contributed by atoms with E-state index in [4.69, 9.17) is 23.2 Å². The number of carbonyl (C=O) groups is 1. The van der Waals surface area contributed by atoms with E-state index in [2.05, 4.69) is 31.4 Å². The maximum atomic E-state index is 12.2. The molecule has 0 unspecified atom stereocenters. The van der Waals surface area contributed by atoms with Crippen molar-refractivity contribution in [2.75, 3.05) is 5.32 Å². The Morgan fingerprint density at radius 3 is 2.38 bits per heavy atom. The fraction of sp³-hybridized carbons (Fsp3) is 0.444. The predicted octanol–water partition coefficient (Wildman–Crippen LogP) is 5.14. The Labute approximate surface area is 153 Å². The van der Waals surface area contributed by atoms with Crippen molar-refractivity contribution < 1.29 is 4.79 Å². The van der Waals surface area contributed by atoms with Gasteiger partial charge >= 0.3 is 0 Å². The molecule has 1 amide bonds. The standard InChI is InChI=1S/C18H23Cl2N3O/c1-17(2,3)11-18(4,5)22-10-12(9-21)16(24)23-15-7-6-13(19)8-14(15)20/h6-8,10,22H,11H2,1-5H3,(H,23,24)/b12-10-. The van der Waals surface area contributed by atoms with Crippen LogP contribution in [0.15, 0.2) is 30.0 Å². The third-order valence-electron chi connectivity index (χ3n) is 3.12. The molecule has 0 atom stereocenters. The number of nitrogens with zero attached hydrogens (tertiary/aromatic N) is 1. The van der Waals surface area contributed by atoms with Crippen LogP contribution < -0.4 is 10.6 Å². The number of anilines is 1. The third kappa shape index (κ3) is 6.82. The molecule has 130 valence electrons. The van der Waals surface area contributed by atoms with Crippen LogP contribution in [0.3, 0.4) is 0 Å². The lowest BCUT2D eigenvalue weighted by Gasteiger charge is -2.33. The van der Waals surface area contributed by atoms with Gasteiger partial charge in [-0.05, 0) is 43.9 Å². The van der Waals surface area contributed by atoms with E-state index in [-0.39, 0.29) is 16.5 Å². The van der Waals surface area contributed by atoms with Crippen molar-refractivity contribution >= 4 is 34.8 Å². The first-order valence-corrected chi connectivity index (χ1v) is 8.33. The van der Waals surface area contributed by atoms with Crippen LogP contribution in [-0.2, 0) is 4.79 Å². The second-order valence-corrected chi connectivity index (χ2v) is 8.36. The topological polar surface area (TPSA) is 64.9 Å². The molecular formula is C18H23Cl2N3O. The summed E-state index contributed by atoms with van der Waals surface area (Å²) in [7, 11) is 0. The summed E-state index contributed by atoms with van der Waals surface area (Å²) < 4.78 is 0. The summed E-state index contributed by atoms with van der Waals surface area (Å²) in [4.78, 5) is 12.2. The molecule has 0 heterocycles. The Bertz CT molecular complexity index is 682. The Hall–Kier alpha value is -1.70. The van der Waals surface area contributed by atoms with E-state index < -0.39 is 5.91 Å². The minimum atomic E-state index is -0.527. The Balaban J connectivity index is 2.85. The number of carbonyl (C=O) groups excluding carboxylic acids is 1. The minimum absolute atomic E-state index is 0.0250. The highest BCUT2D eigenvalue weighted by Gasteiger charge is 2.24. The van der Waals surface area contributed by atoms with E-state index in [1.807, 2.05) is 19.9 Å². The molecule has 0 fully saturated rings. The number of benzene rings is 1. The van der Waals surface area contributed by atoms with Gasteiger partial charge in [0.05, 0.1) is 10.7 Å². The number of nitrogens with one attached hydrogen (secondary N) is 2. The summed E-state index contributed by atoms with van der Waals surface area (Å²) in [5.41, 5.74) is 0.249. The Morgan fingerprint density at radius 1 is 1.25 bits per heavy atom. The second-order valence-electron chi connectivity index (χ2n) is 7.51. The van der Waals surface area contributed by atoms with Gasteiger partial charge in [-0.3, -0.25) is 4.79 Å². The van der Waals surface area contributed by atoms with Crippen molar-refractivity contribution in [1.82, 2.24) is 5.32 Å². The molecule has 0 aliphatic rings. The zero-order valence-corrected chi connectivity index (χ0v) is 16.1. The van der Waals surface area contributed by atoms with Crippen LogP contribution in [0.1, 0.15) is 41.0 Å². The first kappa shape index (κ1) is 20.3. The SMILES string of the molecule is CC(C)(C)CC(C)(C)N/C=C(/C#N)C(=O)Nc1ccc(Cl)cc1Cl. The summed E-state index contributed by atoms with van der Waals surface area (Å²) >= 11 is 11.9. The summed E-state index contributed by atoms with van der Waals surface area (Å²) in [5.74, 6) is -0.527. The molecule has 0 saturated carbocycles. The molecule has 4 nitrogen and oxygen atoms in total. The van der Waals surface area contributed by atoms with Crippen LogP contribution in [0.25, 0.3) is 0 Å². The lowest BCUT2D eigenvalue weighted by atomic mass is 9.82. The predicted molar refractivity (Wildman–Crippen MR) is 100 cm³/mol. The van der Waals surface area contributed by atoms with Crippen LogP contribution in [0, 0.1) is 16.7 Å². The van der Waals surface area contributed by atoms with E-state index >= 15 is 0 Å². The van der Waals surface area contributed by atoms with Crippen LogP contribution >= 0.6 is 23.2 Å². The van der Waals surface area contributed by atoms with Crippen molar-refractivity contribution in [3.63, 3.8) is 0 Å². The van der Waals surface area contributed by atoms with Crippen molar-refractivity contribution in [2.45, 2.75) is 46.6 Å². The zero-order valence-electron chi connectivity index (χ0n) is 14.6. The normalized spacial score (nSPS) is 12.5. The summed E-state index contributed by atoms with van der Waals surface area (Å²) in [6.45, 7) is 10.5. The molecule has 0 radical (unpaired) electrons. The van der Waals surface area contributed by atoms with Gasteiger partial charge in [0.15, 0.2) is 0 Å². The van der Waals surface area contributed by atoms with Crippen LogP contribution in [-0.4, -0.2) is 11.4 Å². The van der Waals surface area contributed by atoms with Gasteiger partial charge in [0.1, 0.15) is 11.6 Å². The fourth-order valence-electron chi connectivity index (χ4n) is 2.57. The van der Waals surface area contributed by atoms with Gasteiger partial charge in [0.2, 0.25) is 0 Å². The van der Waals surface area contributed by atoms with Crippen LogP contribution in [0.2, 0.25) is 10.0 Å². The molecule has 1 aromatic carbocycles. The fourth-order valence-corrected chi connectivity index (χ4v) is 3.03. The van der Waals surface area contributed by atoms with E-state index in [1.165, 1.54) is 12.3 Å². The van der Waals surface area contributed by atoms with Crippen molar-refractivity contribution in [1.29, 1.82) is 5.26 Å². The average Bonchev–Trinajstić information content (AvgIpc) is 2.39. The number of amides is 1. The molecule has 6 heteroatoms. The van der Waals surface area contributed by atoms with Gasteiger partial charge in [0, 0.05) is 16.8 Å². The van der Waals surface area contributed by atoms with Crippen molar-refractivity contribution in [2.24, 2.45) is 5.41 Å². The average molecular weight is 368 g/mol.